The molecule has 0 amide bonds. The van der Waals surface area contributed by atoms with Crippen LogP contribution in [0.4, 0.5) is 0 Å². The first-order valence-electron chi connectivity index (χ1n) is 8.02. The summed E-state index contributed by atoms with van der Waals surface area (Å²) in [6.45, 7) is 6.59. The van der Waals surface area contributed by atoms with E-state index in [0.29, 0.717) is 6.04 Å². The van der Waals surface area contributed by atoms with Crippen molar-refractivity contribution < 1.29 is 0 Å². The Hall–Kier alpha value is -0.830. The molecule has 2 bridgehead atoms. The predicted octanol–water partition coefficient (Wildman–Crippen LogP) is 3.21. The maximum Gasteiger partial charge on any atom is 0.0522 e. The van der Waals surface area contributed by atoms with Crippen molar-refractivity contribution >= 4 is 0 Å². The second-order valence-electron chi connectivity index (χ2n) is 6.55. The maximum absolute atomic E-state index is 4.40. The van der Waals surface area contributed by atoms with Gasteiger partial charge in [-0.2, -0.15) is 5.10 Å². The molecule has 2 aliphatic carbocycles. The molecule has 1 aromatic rings. The summed E-state index contributed by atoms with van der Waals surface area (Å²) in [6, 6.07) is 2.80. The van der Waals surface area contributed by atoms with E-state index in [4.69, 9.17) is 0 Å². The highest BCUT2D eigenvalue weighted by Gasteiger charge is 2.41. The van der Waals surface area contributed by atoms with E-state index in [-0.39, 0.29) is 0 Å². The molecule has 0 spiro atoms. The van der Waals surface area contributed by atoms with E-state index >= 15 is 0 Å². The summed E-state index contributed by atoms with van der Waals surface area (Å²) < 4.78 is 2.14. The van der Waals surface area contributed by atoms with Crippen LogP contribution in [0.1, 0.15) is 51.6 Å². The summed E-state index contributed by atoms with van der Waals surface area (Å²) in [5.41, 5.74) is 1.33. The van der Waals surface area contributed by atoms with Crippen molar-refractivity contribution in [3.8, 4) is 0 Å². The summed E-state index contributed by atoms with van der Waals surface area (Å²) in [5, 5.41) is 8.15. The van der Waals surface area contributed by atoms with Crippen molar-refractivity contribution in [2.45, 2.75) is 65.1 Å². The average Bonchev–Trinajstić information content (AvgIpc) is 3.12. The van der Waals surface area contributed by atoms with Crippen LogP contribution >= 0.6 is 0 Å². The summed E-state index contributed by atoms with van der Waals surface area (Å²) in [6.07, 6.45) is 9.02. The van der Waals surface area contributed by atoms with Crippen LogP contribution in [0.15, 0.2) is 12.3 Å². The Labute approximate surface area is 116 Å². The minimum absolute atomic E-state index is 0.653. The van der Waals surface area contributed by atoms with Gasteiger partial charge in [-0.3, -0.25) is 4.68 Å². The van der Waals surface area contributed by atoms with Crippen LogP contribution < -0.4 is 5.32 Å². The van der Waals surface area contributed by atoms with Crippen LogP contribution in [0.5, 0.6) is 0 Å². The SMILES string of the molecule is CCCn1nccc1CNC(C)C1CC2CCC1C2. The van der Waals surface area contributed by atoms with Gasteiger partial charge in [0, 0.05) is 25.3 Å². The van der Waals surface area contributed by atoms with Gasteiger partial charge in [-0.15, -0.1) is 0 Å². The number of nitrogens with one attached hydrogen (secondary N) is 1. The van der Waals surface area contributed by atoms with Gasteiger partial charge in [0.2, 0.25) is 0 Å². The number of fused-ring (bicyclic) bond motifs is 2. The third kappa shape index (κ3) is 2.71. The maximum atomic E-state index is 4.40. The highest BCUT2D eigenvalue weighted by Crippen LogP contribution is 2.49. The molecule has 2 saturated carbocycles. The lowest BCUT2D eigenvalue weighted by Crippen LogP contribution is -2.36. The molecule has 4 atom stereocenters. The van der Waals surface area contributed by atoms with Crippen molar-refractivity contribution in [2.75, 3.05) is 0 Å². The quantitative estimate of drug-likeness (QED) is 0.852. The van der Waals surface area contributed by atoms with Crippen molar-refractivity contribution in [2.24, 2.45) is 17.8 Å². The Balaban J connectivity index is 1.52. The van der Waals surface area contributed by atoms with Gasteiger partial charge < -0.3 is 5.32 Å². The third-order valence-electron chi connectivity index (χ3n) is 5.28. The van der Waals surface area contributed by atoms with Gasteiger partial charge in [0.15, 0.2) is 0 Å². The Kier molecular flexibility index (Phi) is 3.92. The van der Waals surface area contributed by atoms with Crippen LogP contribution in [0.25, 0.3) is 0 Å². The summed E-state index contributed by atoms with van der Waals surface area (Å²) in [5.74, 6) is 2.97. The molecule has 0 saturated heterocycles. The molecule has 1 aromatic heterocycles. The summed E-state index contributed by atoms with van der Waals surface area (Å²) in [4.78, 5) is 0. The fraction of sp³-hybridized carbons (Fsp3) is 0.812. The molecule has 4 unspecified atom stereocenters. The van der Waals surface area contributed by atoms with Gasteiger partial charge in [-0.1, -0.05) is 13.3 Å². The Morgan fingerprint density at radius 2 is 2.32 bits per heavy atom. The molecule has 0 aliphatic heterocycles. The second-order valence-corrected chi connectivity index (χ2v) is 6.55. The fourth-order valence-corrected chi connectivity index (χ4v) is 4.25. The third-order valence-corrected chi connectivity index (χ3v) is 5.28. The monoisotopic (exact) mass is 261 g/mol. The second kappa shape index (κ2) is 5.66. The normalized spacial score (nSPS) is 30.9. The van der Waals surface area contributed by atoms with E-state index in [1.165, 1.54) is 31.4 Å². The number of hydrogen-bond donors (Lipinski definition) is 1. The van der Waals surface area contributed by atoms with Crippen LogP contribution in [0.3, 0.4) is 0 Å². The molecule has 106 valence electrons. The van der Waals surface area contributed by atoms with E-state index in [9.17, 15) is 0 Å². The first-order chi connectivity index (χ1) is 9.28. The number of nitrogens with zero attached hydrogens (tertiary/aromatic N) is 2. The van der Waals surface area contributed by atoms with E-state index in [2.05, 4.69) is 35.0 Å². The first kappa shape index (κ1) is 13.2. The summed E-state index contributed by atoms with van der Waals surface area (Å²) >= 11 is 0. The van der Waals surface area contributed by atoms with Gasteiger partial charge in [0.1, 0.15) is 0 Å². The lowest BCUT2D eigenvalue weighted by Gasteiger charge is -2.28. The number of hydrogen-bond acceptors (Lipinski definition) is 2. The smallest absolute Gasteiger partial charge is 0.0522 e. The zero-order valence-electron chi connectivity index (χ0n) is 12.3. The van der Waals surface area contributed by atoms with Crippen LogP contribution in [-0.4, -0.2) is 15.8 Å². The van der Waals surface area contributed by atoms with Crippen molar-refractivity contribution in [1.82, 2.24) is 15.1 Å². The van der Waals surface area contributed by atoms with Gasteiger partial charge in [0.25, 0.3) is 0 Å². The zero-order valence-corrected chi connectivity index (χ0v) is 12.3. The Morgan fingerprint density at radius 1 is 1.42 bits per heavy atom. The van der Waals surface area contributed by atoms with Gasteiger partial charge in [-0.05, 0) is 56.4 Å². The molecular formula is C16H27N3. The van der Waals surface area contributed by atoms with Gasteiger partial charge in [-0.25, -0.2) is 0 Å². The molecular weight excluding hydrogens is 234 g/mol. The molecule has 3 rings (SSSR count). The van der Waals surface area contributed by atoms with E-state index in [1.807, 2.05) is 6.20 Å². The van der Waals surface area contributed by atoms with E-state index < -0.39 is 0 Å². The summed E-state index contributed by atoms with van der Waals surface area (Å²) in [7, 11) is 0. The fourth-order valence-electron chi connectivity index (χ4n) is 4.25. The molecule has 0 aromatic carbocycles. The minimum atomic E-state index is 0.653. The molecule has 2 fully saturated rings. The van der Waals surface area contributed by atoms with Crippen molar-refractivity contribution in [3.05, 3.63) is 18.0 Å². The molecule has 2 aliphatic rings. The molecule has 3 heteroatoms. The molecule has 1 N–H and O–H groups in total. The van der Waals surface area contributed by atoms with Crippen LogP contribution in [0.2, 0.25) is 0 Å². The van der Waals surface area contributed by atoms with Gasteiger partial charge in [0.05, 0.1) is 5.69 Å². The number of aryl methyl sites for hydroxylation is 1. The van der Waals surface area contributed by atoms with Crippen LogP contribution in [0, 0.1) is 17.8 Å². The molecule has 0 radical (unpaired) electrons. The van der Waals surface area contributed by atoms with E-state index in [0.717, 1.165) is 37.3 Å². The number of aromatic nitrogens is 2. The Bertz CT molecular complexity index is 412. The van der Waals surface area contributed by atoms with Crippen LogP contribution in [-0.2, 0) is 13.1 Å². The topological polar surface area (TPSA) is 29.9 Å². The van der Waals surface area contributed by atoms with E-state index in [1.54, 1.807) is 0 Å². The largest absolute Gasteiger partial charge is 0.308 e. The molecule has 1 heterocycles. The first-order valence-corrected chi connectivity index (χ1v) is 8.02. The zero-order chi connectivity index (χ0) is 13.2. The van der Waals surface area contributed by atoms with Crippen molar-refractivity contribution in [1.29, 1.82) is 0 Å². The lowest BCUT2D eigenvalue weighted by molar-refractivity contribution is 0.258. The highest BCUT2D eigenvalue weighted by molar-refractivity contribution is 5.01. The minimum Gasteiger partial charge on any atom is -0.308 e. The lowest BCUT2D eigenvalue weighted by atomic mass is 9.84. The molecule has 3 nitrogen and oxygen atoms in total. The highest BCUT2D eigenvalue weighted by atomic mass is 15.3. The predicted molar refractivity (Wildman–Crippen MR) is 77.8 cm³/mol. The molecule has 19 heavy (non-hydrogen) atoms. The Morgan fingerprint density at radius 3 is 3.00 bits per heavy atom. The number of rotatable bonds is 6. The standard InChI is InChI=1S/C16H27N3/c1-3-8-19-15(6-7-18-19)11-17-12(2)16-10-13-4-5-14(16)9-13/h6-7,12-14,16-17H,3-5,8-11H2,1-2H3. The average molecular weight is 261 g/mol. The van der Waals surface area contributed by atoms with Gasteiger partial charge >= 0.3 is 0 Å². The van der Waals surface area contributed by atoms with Crippen molar-refractivity contribution in [3.63, 3.8) is 0 Å².